The number of hydrogen-bond acceptors (Lipinski definition) is 5. The van der Waals surface area contributed by atoms with Crippen LogP contribution in [0.2, 0.25) is 5.02 Å². The highest BCUT2D eigenvalue weighted by Crippen LogP contribution is 2.16. The fraction of sp³-hybridized carbons (Fsp3) is 0.417. The van der Waals surface area contributed by atoms with E-state index in [2.05, 4.69) is 5.32 Å². The Bertz CT molecular complexity index is 760. The summed E-state index contributed by atoms with van der Waals surface area (Å²) in [6, 6.07) is 5.49. The first-order chi connectivity index (χ1) is 10.9. The smallest absolute Gasteiger partial charge is 0.320 e. The number of hydrogen-bond donors (Lipinski definition) is 3. The third-order valence-electron chi connectivity index (χ3n) is 2.77. The summed E-state index contributed by atoms with van der Waals surface area (Å²) in [6.07, 6.45) is 0. The van der Waals surface area contributed by atoms with Crippen molar-refractivity contribution < 1.29 is 26.0 Å². The molecule has 0 unspecified atom stereocenters. The van der Waals surface area contributed by atoms with E-state index in [-0.39, 0.29) is 5.69 Å². The summed E-state index contributed by atoms with van der Waals surface area (Å²) in [5, 5.41) is 2.44. The van der Waals surface area contributed by atoms with Gasteiger partial charge < -0.3 is 5.32 Å². The average Bonchev–Trinajstić information content (AvgIpc) is 2.48. The van der Waals surface area contributed by atoms with Crippen LogP contribution in [0, 0.1) is 0 Å². The highest BCUT2D eigenvalue weighted by Gasteiger charge is 2.45. The average molecular weight is 402 g/mol. The van der Waals surface area contributed by atoms with Crippen LogP contribution in [0.1, 0.15) is 13.8 Å². The molecule has 0 heterocycles. The van der Waals surface area contributed by atoms with Crippen LogP contribution >= 0.6 is 11.6 Å². The van der Waals surface area contributed by atoms with E-state index in [1.54, 1.807) is 0 Å². The number of carbonyl (C=O) groups excluding carboxylic acids is 1. The van der Waals surface area contributed by atoms with Gasteiger partial charge in [0.2, 0.25) is 20.0 Å². The van der Waals surface area contributed by atoms with Crippen molar-refractivity contribution >= 4 is 43.2 Å². The summed E-state index contributed by atoms with van der Waals surface area (Å²) < 4.78 is 64.2. The molecule has 24 heavy (non-hydrogen) atoms. The van der Waals surface area contributed by atoms with Gasteiger partial charge >= 0.3 is 5.92 Å². The molecule has 136 valence electrons. The van der Waals surface area contributed by atoms with Crippen LogP contribution in [-0.2, 0) is 24.8 Å². The van der Waals surface area contributed by atoms with Crippen molar-refractivity contribution in [1.82, 2.24) is 9.44 Å². The molecule has 1 rings (SSSR count). The predicted octanol–water partition coefficient (Wildman–Crippen LogP) is 0.780. The maximum absolute atomic E-state index is 14.9. The van der Waals surface area contributed by atoms with Crippen molar-refractivity contribution in [1.29, 1.82) is 0 Å². The zero-order valence-electron chi connectivity index (χ0n) is 12.8. The molecule has 1 aromatic carbocycles. The monoisotopic (exact) mass is 401 g/mol. The summed E-state index contributed by atoms with van der Waals surface area (Å²) in [7, 11) is -8.47. The standard InChI is InChI=1S/C12H17ClFN3O5S2/c1-3-23(19,20)16-12(14,17-24(21,22)4-2)11(18)15-10-7-5-9(13)6-8-10/h5-8,16-17H,3-4H2,1-2H3,(H,15,18). The molecular weight excluding hydrogens is 385 g/mol. The van der Waals surface area contributed by atoms with E-state index in [4.69, 9.17) is 11.6 Å². The molecule has 0 atom stereocenters. The van der Waals surface area contributed by atoms with Crippen LogP contribution in [0.5, 0.6) is 0 Å². The Hall–Kier alpha value is -1.27. The Morgan fingerprint density at radius 2 is 1.46 bits per heavy atom. The Labute approximate surface area is 144 Å². The predicted molar refractivity (Wildman–Crippen MR) is 89.1 cm³/mol. The third-order valence-corrected chi connectivity index (χ3v) is 5.72. The number of anilines is 1. The molecule has 3 N–H and O–H groups in total. The fourth-order valence-electron chi connectivity index (χ4n) is 1.44. The molecule has 0 saturated heterocycles. The lowest BCUT2D eigenvalue weighted by Gasteiger charge is -2.25. The first kappa shape index (κ1) is 20.8. The molecule has 0 aromatic heterocycles. The highest BCUT2D eigenvalue weighted by atomic mass is 35.5. The SMILES string of the molecule is CCS(=O)(=O)NC(F)(NS(=O)(=O)CC)C(=O)Nc1ccc(Cl)cc1. The van der Waals surface area contributed by atoms with Gasteiger partial charge in [0.15, 0.2) is 0 Å². The number of alkyl halides is 1. The number of halogens is 2. The molecule has 8 nitrogen and oxygen atoms in total. The second-order valence-electron chi connectivity index (χ2n) is 4.63. The number of amides is 1. The minimum atomic E-state index is -4.24. The Morgan fingerprint density at radius 1 is 1.04 bits per heavy atom. The molecule has 0 aliphatic heterocycles. The van der Waals surface area contributed by atoms with E-state index in [0.29, 0.717) is 5.02 Å². The van der Waals surface area contributed by atoms with Crippen molar-refractivity contribution in [2.24, 2.45) is 0 Å². The lowest BCUT2D eigenvalue weighted by Crippen LogP contribution is -2.64. The number of nitrogens with one attached hydrogen (secondary N) is 3. The van der Waals surface area contributed by atoms with E-state index in [1.165, 1.54) is 47.6 Å². The minimum absolute atomic E-state index is 0.0952. The normalized spacial score (nSPS) is 12.8. The van der Waals surface area contributed by atoms with Gasteiger partial charge in [-0.05, 0) is 38.1 Å². The van der Waals surface area contributed by atoms with E-state index >= 15 is 0 Å². The summed E-state index contributed by atoms with van der Waals surface area (Å²) >= 11 is 5.68. The van der Waals surface area contributed by atoms with Crippen LogP contribution in [0.3, 0.4) is 0 Å². The second-order valence-corrected chi connectivity index (χ2v) is 9.09. The van der Waals surface area contributed by atoms with Gasteiger partial charge in [-0.15, -0.1) is 0 Å². The Balaban J connectivity index is 3.15. The maximum Gasteiger partial charge on any atom is 0.320 e. The van der Waals surface area contributed by atoms with Gasteiger partial charge in [0.25, 0.3) is 5.91 Å². The molecule has 0 aliphatic rings. The van der Waals surface area contributed by atoms with Crippen molar-refractivity contribution in [2.45, 2.75) is 19.8 Å². The number of rotatable bonds is 8. The molecule has 1 aromatic rings. The quantitative estimate of drug-likeness (QED) is 0.439. The van der Waals surface area contributed by atoms with Gasteiger partial charge in [0.1, 0.15) is 0 Å². The van der Waals surface area contributed by atoms with Gasteiger partial charge in [-0.3, -0.25) is 4.79 Å². The largest absolute Gasteiger partial charge is 0.321 e. The number of sulfonamides is 2. The molecule has 0 radical (unpaired) electrons. The summed E-state index contributed by atoms with van der Waals surface area (Å²) in [5.41, 5.74) is 0.0952. The molecule has 0 bridgehead atoms. The Kier molecular flexibility index (Phi) is 6.70. The topological polar surface area (TPSA) is 121 Å². The zero-order chi connectivity index (χ0) is 18.6. The zero-order valence-corrected chi connectivity index (χ0v) is 15.2. The first-order valence-electron chi connectivity index (χ1n) is 6.72. The van der Waals surface area contributed by atoms with Crippen molar-refractivity contribution in [2.75, 3.05) is 16.8 Å². The molecular formula is C12H17ClFN3O5S2. The van der Waals surface area contributed by atoms with Crippen molar-refractivity contribution in [3.8, 4) is 0 Å². The number of carbonyl (C=O) groups is 1. The van der Waals surface area contributed by atoms with Crippen LogP contribution in [-0.4, -0.2) is 40.2 Å². The molecule has 0 aliphatic carbocycles. The van der Waals surface area contributed by atoms with Gasteiger partial charge in [0.05, 0.1) is 11.5 Å². The maximum atomic E-state index is 14.9. The van der Waals surface area contributed by atoms with Crippen molar-refractivity contribution in [3.63, 3.8) is 0 Å². The van der Waals surface area contributed by atoms with Gasteiger partial charge in [-0.2, -0.15) is 13.8 Å². The first-order valence-corrected chi connectivity index (χ1v) is 10.4. The van der Waals surface area contributed by atoms with E-state index in [1.807, 2.05) is 0 Å². The number of benzene rings is 1. The second kappa shape index (κ2) is 7.74. The minimum Gasteiger partial charge on any atom is -0.321 e. The molecule has 0 fully saturated rings. The summed E-state index contributed by atoms with van der Waals surface area (Å²) in [6.45, 7) is 2.41. The van der Waals surface area contributed by atoms with E-state index in [9.17, 15) is 26.0 Å². The lowest BCUT2D eigenvalue weighted by atomic mass is 10.3. The van der Waals surface area contributed by atoms with Gasteiger partial charge in [0, 0.05) is 10.7 Å². The molecule has 12 heteroatoms. The van der Waals surface area contributed by atoms with Gasteiger partial charge in [-0.1, -0.05) is 11.6 Å². The lowest BCUT2D eigenvalue weighted by molar-refractivity contribution is -0.129. The highest BCUT2D eigenvalue weighted by molar-refractivity contribution is 7.90. The summed E-state index contributed by atoms with van der Waals surface area (Å²) in [5.74, 6) is -6.23. The van der Waals surface area contributed by atoms with Crippen molar-refractivity contribution in [3.05, 3.63) is 29.3 Å². The third kappa shape index (κ3) is 5.98. The van der Waals surface area contributed by atoms with Crippen LogP contribution < -0.4 is 14.8 Å². The fourth-order valence-corrected chi connectivity index (χ4v) is 3.06. The van der Waals surface area contributed by atoms with E-state index < -0.39 is 43.4 Å². The van der Waals surface area contributed by atoms with Crippen LogP contribution in [0.25, 0.3) is 0 Å². The van der Waals surface area contributed by atoms with Gasteiger partial charge in [-0.25, -0.2) is 16.8 Å². The van der Waals surface area contributed by atoms with E-state index in [0.717, 1.165) is 0 Å². The molecule has 0 saturated carbocycles. The van der Waals surface area contributed by atoms with Crippen LogP contribution in [0.15, 0.2) is 24.3 Å². The molecule has 1 amide bonds. The molecule has 0 spiro atoms. The summed E-state index contributed by atoms with van der Waals surface area (Å²) in [4.78, 5) is 12.1. The van der Waals surface area contributed by atoms with Crippen LogP contribution in [0.4, 0.5) is 10.1 Å². The Morgan fingerprint density at radius 3 is 1.83 bits per heavy atom.